The maximum atomic E-state index is 14.1. The van der Waals surface area contributed by atoms with Crippen molar-refractivity contribution in [2.45, 2.75) is 37.4 Å². The molecule has 0 aliphatic carbocycles. The van der Waals surface area contributed by atoms with Crippen molar-refractivity contribution in [1.82, 2.24) is 14.8 Å². The van der Waals surface area contributed by atoms with Gasteiger partial charge in [0.25, 0.3) is 5.91 Å². The molecule has 6 rings (SSSR count). The molecule has 1 atom stereocenters. The second-order valence-corrected chi connectivity index (χ2v) is 13.4. The maximum Gasteiger partial charge on any atom is 0.255 e. The van der Waals surface area contributed by atoms with Crippen molar-refractivity contribution in [2.24, 2.45) is 0 Å². The van der Waals surface area contributed by atoms with Crippen LogP contribution >= 0.6 is 50.9 Å². The van der Waals surface area contributed by atoms with Crippen molar-refractivity contribution in [3.63, 3.8) is 0 Å². The number of amides is 1. The van der Waals surface area contributed by atoms with E-state index in [0.717, 1.165) is 27.9 Å². The average molecular weight is 752 g/mol. The van der Waals surface area contributed by atoms with Crippen LogP contribution in [0.2, 0.25) is 10.0 Å². The van der Waals surface area contributed by atoms with E-state index in [1.807, 2.05) is 98.8 Å². The van der Waals surface area contributed by atoms with Crippen LogP contribution in [0, 0.1) is 6.92 Å². The number of hydrogen-bond donors (Lipinski definition) is 2. The molecule has 0 saturated carbocycles. The van der Waals surface area contributed by atoms with Crippen molar-refractivity contribution in [1.29, 1.82) is 0 Å². The Kier molecular flexibility index (Phi) is 10.1. The molecular weight excluding hydrogens is 721 g/mol. The summed E-state index contributed by atoms with van der Waals surface area (Å²) in [5, 5.41) is 13.1. The lowest BCUT2D eigenvalue weighted by molar-refractivity contribution is -0.113. The van der Waals surface area contributed by atoms with Crippen LogP contribution in [-0.2, 0) is 17.2 Å². The molecule has 47 heavy (non-hydrogen) atoms. The predicted octanol–water partition coefficient (Wildman–Crippen LogP) is 9.46. The van der Waals surface area contributed by atoms with E-state index in [2.05, 4.69) is 26.6 Å². The Balaban J connectivity index is 1.39. The number of nitrogens with one attached hydrogen (secondary N) is 2. The largest absolute Gasteiger partial charge is 0.493 e. The Bertz CT molecular complexity index is 2000. The smallest absolute Gasteiger partial charge is 0.255 e. The number of halogens is 3. The minimum atomic E-state index is -0.653. The summed E-state index contributed by atoms with van der Waals surface area (Å²) >= 11 is 18.0. The Morgan fingerprint density at radius 2 is 1.68 bits per heavy atom. The van der Waals surface area contributed by atoms with Crippen molar-refractivity contribution in [3.8, 4) is 11.5 Å². The van der Waals surface area contributed by atoms with E-state index in [4.69, 9.17) is 42.8 Å². The summed E-state index contributed by atoms with van der Waals surface area (Å²) in [7, 11) is 1.58. The van der Waals surface area contributed by atoms with Gasteiger partial charge in [0.15, 0.2) is 11.5 Å². The molecule has 240 valence electrons. The molecule has 1 aliphatic rings. The minimum absolute atomic E-state index is 0.240. The van der Waals surface area contributed by atoms with Gasteiger partial charge in [0.1, 0.15) is 12.6 Å². The summed E-state index contributed by atoms with van der Waals surface area (Å²) in [6.45, 7) is 4.06. The number of nitrogens with zero attached hydrogens (tertiary/aromatic N) is 3. The number of rotatable bonds is 10. The van der Waals surface area contributed by atoms with Gasteiger partial charge >= 0.3 is 0 Å². The van der Waals surface area contributed by atoms with Gasteiger partial charge in [-0.3, -0.25) is 4.79 Å². The Hall–Kier alpha value is -3.96. The highest BCUT2D eigenvalue weighted by Gasteiger charge is 2.35. The third kappa shape index (κ3) is 7.16. The fourth-order valence-electron chi connectivity index (χ4n) is 5.26. The van der Waals surface area contributed by atoms with Gasteiger partial charge in [-0.1, -0.05) is 89.6 Å². The van der Waals surface area contributed by atoms with E-state index in [0.29, 0.717) is 54.1 Å². The first-order valence-corrected chi connectivity index (χ1v) is 17.2. The van der Waals surface area contributed by atoms with Crippen LogP contribution in [0.4, 0.5) is 11.6 Å². The maximum absolute atomic E-state index is 14.1. The first-order chi connectivity index (χ1) is 22.7. The van der Waals surface area contributed by atoms with Crippen LogP contribution in [0.5, 0.6) is 11.5 Å². The predicted molar refractivity (Wildman–Crippen MR) is 192 cm³/mol. The van der Waals surface area contributed by atoms with Crippen LogP contribution in [0.3, 0.4) is 0 Å². The number of anilines is 2. The van der Waals surface area contributed by atoms with Crippen molar-refractivity contribution in [2.75, 3.05) is 17.7 Å². The van der Waals surface area contributed by atoms with Gasteiger partial charge in [-0.2, -0.15) is 4.98 Å². The van der Waals surface area contributed by atoms with Crippen molar-refractivity contribution < 1.29 is 14.3 Å². The standard InChI is InChI=1S/C35H30BrCl2N5O3S/c1-20-10-4-9-15-28(20)40-33(44)30-21(2)39-34-41-35(47-19-23-12-6-8-14-27(23)38)42-43(34)31(30)24-16-25(36)32(29(17-24)45-3)46-18-22-11-5-7-13-26(22)37/h4-17,31H,18-19H2,1-3H3,(H,40,44)(H,39,41,42). The molecule has 1 unspecified atom stereocenters. The van der Waals surface area contributed by atoms with E-state index in [1.54, 1.807) is 11.8 Å². The van der Waals surface area contributed by atoms with Crippen LogP contribution in [-0.4, -0.2) is 27.8 Å². The molecule has 5 aromatic rings. The minimum Gasteiger partial charge on any atom is -0.493 e. The molecular formula is C35H30BrCl2N5O3S. The van der Waals surface area contributed by atoms with Crippen LogP contribution < -0.4 is 20.1 Å². The number of carbonyl (C=O) groups is 1. The van der Waals surface area contributed by atoms with Gasteiger partial charge < -0.3 is 20.1 Å². The number of aryl methyl sites for hydroxylation is 1. The highest BCUT2D eigenvalue weighted by atomic mass is 79.9. The zero-order chi connectivity index (χ0) is 33.1. The van der Waals surface area contributed by atoms with Crippen molar-refractivity contribution in [3.05, 3.63) is 133 Å². The number of aromatic nitrogens is 3. The van der Waals surface area contributed by atoms with Crippen LogP contribution in [0.15, 0.2) is 106 Å². The molecule has 1 amide bonds. The first kappa shape index (κ1) is 33.0. The number of hydrogen-bond acceptors (Lipinski definition) is 7. The lowest BCUT2D eigenvalue weighted by Gasteiger charge is -2.29. The summed E-state index contributed by atoms with van der Waals surface area (Å²) in [5.41, 5.74) is 5.36. The molecule has 1 aliphatic heterocycles. The third-order valence-electron chi connectivity index (χ3n) is 7.68. The number of fused-ring (bicyclic) bond motifs is 1. The molecule has 0 spiro atoms. The molecule has 0 bridgehead atoms. The third-order valence-corrected chi connectivity index (χ3v) is 9.90. The molecule has 0 saturated heterocycles. The zero-order valence-electron chi connectivity index (χ0n) is 25.7. The lowest BCUT2D eigenvalue weighted by Crippen LogP contribution is -2.31. The highest BCUT2D eigenvalue weighted by molar-refractivity contribution is 9.10. The number of benzene rings is 4. The molecule has 1 aromatic heterocycles. The summed E-state index contributed by atoms with van der Waals surface area (Å²) < 4.78 is 14.4. The van der Waals surface area contributed by atoms with Gasteiger partial charge in [0.05, 0.1) is 17.2 Å². The second kappa shape index (κ2) is 14.4. The summed E-state index contributed by atoms with van der Waals surface area (Å²) in [5.74, 6) is 1.81. The SMILES string of the molecule is COc1cc(C2C(C(=O)Nc3ccccc3C)=C(C)Nc3nc(SCc4ccccc4Cl)nn32)cc(Br)c1OCc1ccccc1Cl. The monoisotopic (exact) mass is 749 g/mol. The lowest BCUT2D eigenvalue weighted by atomic mass is 9.94. The van der Waals surface area contributed by atoms with E-state index in [9.17, 15) is 4.79 Å². The average Bonchev–Trinajstić information content (AvgIpc) is 3.46. The quantitative estimate of drug-likeness (QED) is 0.138. The van der Waals surface area contributed by atoms with Gasteiger partial charge in [-0.05, 0) is 76.8 Å². The molecule has 0 radical (unpaired) electrons. The fourth-order valence-corrected chi connectivity index (χ4v) is 7.14. The van der Waals surface area contributed by atoms with Crippen LogP contribution in [0.1, 0.15) is 35.2 Å². The molecule has 2 N–H and O–H groups in total. The normalized spacial score (nSPS) is 14.0. The number of para-hydroxylation sites is 1. The number of thioether (sulfide) groups is 1. The first-order valence-electron chi connectivity index (χ1n) is 14.6. The molecule has 2 heterocycles. The Morgan fingerprint density at radius 3 is 2.38 bits per heavy atom. The van der Waals surface area contributed by atoms with Gasteiger partial charge in [0.2, 0.25) is 11.1 Å². The van der Waals surface area contributed by atoms with Gasteiger partial charge in [0, 0.05) is 32.7 Å². The fraction of sp³-hybridized carbons (Fsp3) is 0.171. The Labute approximate surface area is 295 Å². The number of ether oxygens (including phenoxy) is 2. The van der Waals surface area contributed by atoms with Crippen LogP contribution in [0.25, 0.3) is 0 Å². The zero-order valence-corrected chi connectivity index (χ0v) is 29.6. The van der Waals surface area contributed by atoms with E-state index >= 15 is 0 Å². The topological polar surface area (TPSA) is 90.3 Å². The molecule has 12 heteroatoms. The molecule has 8 nitrogen and oxygen atoms in total. The van der Waals surface area contributed by atoms with E-state index < -0.39 is 6.04 Å². The molecule has 4 aromatic carbocycles. The van der Waals surface area contributed by atoms with Gasteiger partial charge in [-0.25, -0.2) is 4.68 Å². The number of methoxy groups -OCH3 is 1. The van der Waals surface area contributed by atoms with E-state index in [-0.39, 0.29) is 12.5 Å². The highest BCUT2D eigenvalue weighted by Crippen LogP contribution is 2.44. The Morgan fingerprint density at radius 1 is 1.00 bits per heavy atom. The van der Waals surface area contributed by atoms with Crippen molar-refractivity contribution >= 4 is 68.4 Å². The number of allylic oxidation sites excluding steroid dienone is 1. The second-order valence-electron chi connectivity index (χ2n) is 10.8. The summed E-state index contributed by atoms with van der Waals surface area (Å²) in [6, 6.07) is 26.0. The molecule has 0 fully saturated rings. The summed E-state index contributed by atoms with van der Waals surface area (Å²) in [6.07, 6.45) is 0. The van der Waals surface area contributed by atoms with Gasteiger partial charge in [-0.15, -0.1) is 5.10 Å². The summed E-state index contributed by atoms with van der Waals surface area (Å²) in [4.78, 5) is 18.9. The van der Waals surface area contributed by atoms with E-state index in [1.165, 1.54) is 11.8 Å². The number of carbonyl (C=O) groups excluding carboxylic acids is 1.